The zero-order valence-electron chi connectivity index (χ0n) is 48.8. The number of carboxylic acid groups (broad SMARTS) is 1. The summed E-state index contributed by atoms with van der Waals surface area (Å²) in [6.45, 7) is 18.1. The second kappa shape index (κ2) is 36.9. The van der Waals surface area contributed by atoms with Gasteiger partial charge in [-0.2, -0.15) is 15.0 Å². The number of amides is 2. The van der Waals surface area contributed by atoms with Crippen molar-refractivity contribution in [2.45, 2.75) is 121 Å². The van der Waals surface area contributed by atoms with E-state index in [0.29, 0.717) is 53.6 Å². The van der Waals surface area contributed by atoms with Crippen molar-refractivity contribution in [3.05, 3.63) is 96.3 Å². The lowest BCUT2D eigenvalue weighted by Crippen LogP contribution is -2.47. The second-order valence-electron chi connectivity index (χ2n) is 19.2. The van der Waals surface area contributed by atoms with Crippen LogP contribution in [0.2, 0.25) is 10.3 Å². The first kappa shape index (κ1) is 74.2. The number of esters is 1. The zero-order chi connectivity index (χ0) is 63.7. The average Bonchev–Trinajstić information content (AvgIpc) is 2.91. The van der Waals surface area contributed by atoms with Gasteiger partial charge in [0.05, 0.1) is 48.0 Å². The molecule has 2 aliphatic heterocycles. The summed E-state index contributed by atoms with van der Waals surface area (Å²) in [5, 5.41) is 14.7. The molecular formula is C54H74Cl5FN11O11PS2. The van der Waals surface area contributed by atoms with E-state index in [1.807, 2.05) is 77.9 Å². The second-order valence-corrected chi connectivity index (χ2v) is 25.8. The molecule has 0 fully saturated rings. The number of anilines is 4. The molecule has 4 unspecified atom stereocenters. The van der Waals surface area contributed by atoms with E-state index < -0.39 is 36.0 Å². The van der Waals surface area contributed by atoms with Gasteiger partial charge in [-0.1, -0.05) is 72.1 Å². The molecule has 7 rings (SSSR count). The van der Waals surface area contributed by atoms with E-state index >= 15 is 0 Å². The van der Waals surface area contributed by atoms with Crippen LogP contribution in [0.4, 0.5) is 33.3 Å². The Hall–Kier alpha value is -5.05. The molecule has 0 saturated heterocycles. The Kier molecular flexibility index (Phi) is 32.3. The fraction of sp³-hybridized carbons (Fsp3) is 0.500. The van der Waals surface area contributed by atoms with E-state index in [1.165, 1.54) is 19.8 Å². The van der Waals surface area contributed by atoms with Crippen LogP contribution in [0.15, 0.2) is 69.3 Å². The van der Waals surface area contributed by atoms with Crippen LogP contribution in [0.3, 0.4) is 0 Å². The zero-order valence-corrected chi connectivity index (χ0v) is 55.1. The Balaban J connectivity index is 0.000000286. The molecule has 0 aliphatic carbocycles. The standard InChI is InChI=1S/C15H15ClFN3O3S2.C15H22ClNO2.C11H11Cl2NO2.C8H14ClN5.C5H12NO4P/c1-23-13(21)8-24-12-7-11(10(17)6-9(12)16)18-14-19-4-2-3-5-20(19)15(22)25-14;1-5-13-8-6-7-11(2)15(13)17(14(18)9-16)12(3)10-19-4;1-7-6-16-9-5-3-2-4-8(9)14(7)11(15)10(12)13;1-4-10-7-12-6(9)13-8(14-7)11-5(2)3;1-11(9,10)3-2-4(6)5(7)8/h6-7H,2-5,8H2,1H3;6-8,12H,5,9-10H2,1-4H3;2-5,7,10H,6H2,1H3;5H,4H2,1-3H3,(H2,10,11,12,13,14);4H,2-3,6H2,1H3,(H,7,8)(H,9,10). The van der Waals surface area contributed by atoms with Crippen molar-refractivity contribution in [1.29, 1.82) is 0 Å². The molecule has 2 aliphatic rings. The predicted octanol–water partition coefficient (Wildman–Crippen LogP) is 10.0. The molecule has 0 saturated carbocycles. The molecule has 0 radical (unpaired) electrons. The Morgan fingerprint density at radius 3 is 2.27 bits per heavy atom. The fourth-order valence-electron chi connectivity index (χ4n) is 7.91. The number of aliphatic carboxylic acids is 1. The average molecular weight is 1340 g/mol. The molecule has 470 valence electrons. The van der Waals surface area contributed by atoms with E-state index in [-0.39, 0.29) is 75.0 Å². The lowest BCUT2D eigenvalue weighted by atomic mass is 10.0. The number of hydrogen-bond acceptors (Lipinski definition) is 18. The lowest BCUT2D eigenvalue weighted by molar-refractivity contribution is -0.139. The fourth-order valence-corrected chi connectivity index (χ4v) is 11.1. The highest BCUT2D eigenvalue weighted by Gasteiger charge is 2.32. The van der Waals surface area contributed by atoms with Crippen molar-refractivity contribution >= 4 is 141 Å². The topological polar surface area (TPSA) is 288 Å². The number of nitrogens with two attached hydrogens (primary N) is 1. The Morgan fingerprint density at radius 2 is 1.68 bits per heavy atom. The van der Waals surface area contributed by atoms with Crippen molar-refractivity contribution < 1.29 is 52.3 Å². The number of ether oxygens (including phenoxy) is 3. The number of halogens is 6. The molecule has 2 aromatic heterocycles. The number of carbonyl (C=O) groups is 4. The van der Waals surface area contributed by atoms with E-state index in [2.05, 4.69) is 48.3 Å². The molecule has 3 aromatic carbocycles. The van der Waals surface area contributed by atoms with Gasteiger partial charge in [0.15, 0.2) is 12.2 Å². The first-order valence-electron chi connectivity index (χ1n) is 26.6. The SMILES string of the molecule is CC1COc2ccccc2N1C(=O)C(Cl)Cl.CCNc1nc(Cl)nc(NC(C)C)n1.CCc1cccc(C)c1N(C(=O)CCl)C(C)COC.COC(=O)CSc1cc(N=c2sc(=O)n3n2CCCC3)c(F)cc1Cl.CP(=O)(O)CCC(N)C(=O)O. The Labute approximate surface area is 527 Å². The van der Waals surface area contributed by atoms with Gasteiger partial charge in [0, 0.05) is 50.5 Å². The summed E-state index contributed by atoms with van der Waals surface area (Å²) in [5.74, 6) is -0.811. The number of benzene rings is 3. The molecule has 85 heavy (non-hydrogen) atoms. The molecule has 4 atom stereocenters. The highest BCUT2D eigenvalue weighted by molar-refractivity contribution is 8.00. The third-order valence-electron chi connectivity index (χ3n) is 11.9. The van der Waals surface area contributed by atoms with Crippen molar-refractivity contribution in [3.63, 3.8) is 0 Å². The molecular weight excluding hydrogens is 1270 g/mol. The molecule has 6 N–H and O–H groups in total. The summed E-state index contributed by atoms with van der Waals surface area (Å²) in [4.78, 5) is 85.8. The lowest BCUT2D eigenvalue weighted by Gasteiger charge is -2.35. The molecule has 0 bridgehead atoms. The van der Waals surface area contributed by atoms with Crippen LogP contribution in [-0.2, 0) is 52.7 Å². The van der Waals surface area contributed by atoms with Crippen LogP contribution in [0.1, 0.15) is 71.9 Å². The van der Waals surface area contributed by atoms with E-state index in [0.717, 1.165) is 77.5 Å². The summed E-state index contributed by atoms with van der Waals surface area (Å²) in [5.41, 5.74) is 9.11. The van der Waals surface area contributed by atoms with Gasteiger partial charge in [0.2, 0.25) is 27.9 Å². The van der Waals surface area contributed by atoms with Crippen molar-refractivity contribution in [2.75, 3.05) is 78.9 Å². The largest absolute Gasteiger partial charge is 0.489 e. The maximum atomic E-state index is 14.3. The van der Waals surface area contributed by atoms with Gasteiger partial charge in [0.25, 0.3) is 5.91 Å². The number of hydrogen-bond donors (Lipinski definition) is 5. The van der Waals surface area contributed by atoms with Crippen molar-refractivity contribution in [2.24, 2.45) is 10.7 Å². The third-order valence-corrected chi connectivity index (χ3v) is 16.0. The van der Waals surface area contributed by atoms with E-state index in [1.54, 1.807) is 26.3 Å². The summed E-state index contributed by atoms with van der Waals surface area (Å²) in [6, 6.07) is 15.2. The van der Waals surface area contributed by atoms with Crippen molar-refractivity contribution in [3.8, 4) is 5.75 Å². The molecule has 2 amide bonds. The number of aryl methyl sites for hydroxylation is 2. The number of thioether (sulfide) groups is 1. The van der Waals surface area contributed by atoms with Gasteiger partial charge >= 0.3 is 16.8 Å². The number of aromatic nitrogens is 5. The van der Waals surface area contributed by atoms with E-state index in [9.17, 15) is 32.9 Å². The summed E-state index contributed by atoms with van der Waals surface area (Å²) < 4.78 is 43.6. The number of nitrogens with zero attached hydrogens (tertiary/aromatic N) is 8. The highest BCUT2D eigenvalue weighted by Crippen LogP contribution is 2.37. The number of carbonyl (C=O) groups excluding carboxylic acids is 3. The normalized spacial score (nSPS) is 14.8. The maximum absolute atomic E-state index is 14.3. The molecule has 4 heterocycles. The summed E-state index contributed by atoms with van der Waals surface area (Å²) in [7, 11) is -0.168. The Morgan fingerprint density at radius 1 is 1.02 bits per heavy atom. The van der Waals surface area contributed by atoms with Gasteiger partial charge in [0.1, 0.15) is 35.8 Å². The van der Waals surface area contributed by atoms with Crippen LogP contribution < -0.4 is 40.6 Å². The van der Waals surface area contributed by atoms with Crippen LogP contribution in [-0.4, -0.2) is 146 Å². The van der Waals surface area contributed by atoms with Crippen LogP contribution in [0.5, 0.6) is 5.75 Å². The molecule has 0 spiro atoms. The molecule has 31 heteroatoms. The number of nitrogens with one attached hydrogen (secondary N) is 2. The van der Waals surface area contributed by atoms with Crippen LogP contribution in [0.25, 0.3) is 0 Å². The van der Waals surface area contributed by atoms with Gasteiger partial charge in [-0.3, -0.25) is 33.2 Å². The van der Waals surface area contributed by atoms with Crippen molar-refractivity contribution in [1.82, 2.24) is 24.3 Å². The predicted molar refractivity (Wildman–Crippen MR) is 338 cm³/mol. The minimum atomic E-state index is -3.10. The quantitative estimate of drug-likeness (QED) is 0.0222. The van der Waals surface area contributed by atoms with Gasteiger partial charge in [-0.25, -0.2) is 14.1 Å². The first-order valence-corrected chi connectivity index (χ1v) is 32.9. The monoisotopic (exact) mass is 1340 g/mol. The third kappa shape index (κ3) is 24.2. The summed E-state index contributed by atoms with van der Waals surface area (Å²) in [6.07, 6.45) is 2.77. The summed E-state index contributed by atoms with van der Waals surface area (Å²) >= 11 is 30.9. The molecule has 5 aromatic rings. The van der Waals surface area contributed by atoms with Gasteiger partial charge in [-0.05, 0) is 126 Å². The maximum Gasteiger partial charge on any atom is 0.325 e. The smallest absolute Gasteiger partial charge is 0.325 e. The van der Waals surface area contributed by atoms with Gasteiger partial charge < -0.3 is 50.4 Å². The minimum Gasteiger partial charge on any atom is -0.489 e. The highest BCUT2D eigenvalue weighted by atomic mass is 35.5. The minimum absolute atomic E-state index is 0.0223. The van der Waals surface area contributed by atoms with Crippen LogP contribution >= 0.6 is 88.5 Å². The number of carboxylic acids is 1. The Bertz CT molecular complexity index is 3190. The van der Waals surface area contributed by atoms with Gasteiger partial charge in [-0.15, -0.1) is 23.4 Å². The molecule has 22 nitrogen and oxygen atoms in total. The number of para-hydroxylation sites is 3. The van der Waals surface area contributed by atoms with E-state index in [4.69, 9.17) is 83.2 Å². The van der Waals surface area contributed by atoms with Crippen LogP contribution in [0, 0.1) is 12.7 Å². The number of methoxy groups -OCH3 is 2. The number of alkyl halides is 3. The number of rotatable bonds is 19. The number of fused-ring (bicyclic) bond motifs is 2. The first-order chi connectivity index (χ1) is 40.1.